The van der Waals surface area contributed by atoms with E-state index >= 15 is 0 Å². The third-order valence-electron chi connectivity index (χ3n) is 3.86. The lowest BCUT2D eigenvalue weighted by Crippen LogP contribution is -2.49. The first-order valence-electron chi connectivity index (χ1n) is 5.60. The second kappa shape index (κ2) is 3.93. The molecular weight excluding hydrogens is 189 g/mol. The van der Waals surface area contributed by atoms with Crippen molar-refractivity contribution in [1.82, 2.24) is 5.32 Å². The number of hydrogen-bond donors (Lipinski definition) is 1. The predicted octanol–water partition coefficient (Wildman–Crippen LogP) is 2.71. The Morgan fingerprint density at radius 3 is 2.80 bits per heavy atom. The first kappa shape index (κ1) is 10.6. The fourth-order valence-electron chi connectivity index (χ4n) is 2.69. The Hall–Kier alpha value is -0.890. The van der Waals surface area contributed by atoms with Crippen molar-refractivity contribution in [3.05, 3.63) is 35.6 Å². The highest BCUT2D eigenvalue weighted by molar-refractivity contribution is 5.30. The van der Waals surface area contributed by atoms with E-state index < -0.39 is 0 Å². The molecule has 1 saturated carbocycles. The second-order valence-corrected chi connectivity index (χ2v) is 4.64. The first-order chi connectivity index (χ1) is 7.19. The summed E-state index contributed by atoms with van der Waals surface area (Å²) in [4.78, 5) is 0. The van der Waals surface area contributed by atoms with Crippen molar-refractivity contribution >= 4 is 0 Å². The maximum atomic E-state index is 13.2. The van der Waals surface area contributed by atoms with Crippen molar-refractivity contribution in [2.45, 2.75) is 25.2 Å². The lowest BCUT2D eigenvalue weighted by Gasteiger charge is -2.49. The highest BCUT2D eigenvalue weighted by atomic mass is 19.1. The van der Waals surface area contributed by atoms with Gasteiger partial charge in [0.05, 0.1) is 0 Å². The van der Waals surface area contributed by atoms with Gasteiger partial charge in [-0.3, -0.25) is 0 Å². The van der Waals surface area contributed by atoms with Gasteiger partial charge in [-0.05, 0) is 43.5 Å². The van der Waals surface area contributed by atoms with E-state index in [4.69, 9.17) is 0 Å². The Morgan fingerprint density at radius 2 is 2.33 bits per heavy atom. The van der Waals surface area contributed by atoms with Crippen LogP contribution in [0, 0.1) is 11.7 Å². The van der Waals surface area contributed by atoms with Crippen LogP contribution in [0.5, 0.6) is 0 Å². The van der Waals surface area contributed by atoms with Gasteiger partial charge in [0, 0.05) is 12.0 Å². The molecule has 1 fully saturated rings. The number of benzene rings is 1. The molecule has 0 spiro atoms. The van der Waals surface area contributed by atoms with Crippen molar-refractivity contribution in [2.24, 2.45) is 5.92 Å². The van der Waals surface area contributed by atoms with Crippen LogP contribution in [-0.4, -0.2) is 13.6 Å². The molecule has 1 aliphatic rings. The fourth-order valence-corrected chi connectivity index (χ4v) is 2.69. The van der Waals surface area contributed by atoms with Crippen LogP contribution in [0.25, 0.3) is 0 Å². The summed E-state index contributed by atoms with van der Waals surface area (Å²) in [6.45, 7) is 3.20. The highest BCUT2D eigenvalue weighted by Gasteiger charge is 2.44. The molecule has 2 atom stereocenters. The molecule has 2 heteroatoms. The van der Waals surface area contributed by atoms with Crippen molar-refractivity contribution in [2.75, 3.05) is 13.6 Å². The molecule has 0 heterocycles. The van der Waals surface area contributed by atoms with Gasteiger partial charge >= 0.3 is 0 Å². The summed E-state index contributed by atoms with van der Waals surface area (Å²) in [5.41, 5.74) is 1.31. The minimum atomic E-state index is -0.123. The van der Waals surface area contributed by atoms with Gasteiger partial charge < -0.3 is 5.32 Å². The van der Waals surface area contributed by atoms with E-state index in [2.05, 4.69) is 18.3 Å². The molecule has 0 bridgehead atoms. The lowest BCUT2D eigenvalue weighted by molar-refractivity contribution is 0.136. The number of likely N-dealkylation sites (N-methyl/N-ethyl adjacent to an activating group) is 1. The van der Waals surface area contributed by atoms with Gasteiger partial charge in [-0.15, -0.1) is 0 Å². The van der Waals surface area contributed by atoms with E-state index in [1.807, 2.05) is 13.1 Å². The van der Waals surface area contributed by atoms with Crippen LogP contribution in [0.4, 0.5) is 4.39 Å². The van der Waals surface area contributed by atoms with Gasteiger partial charge in [0.1, 0.15) is 5.82 Å². The molecule has 0 radical (unpaired) electrons. The molecule has 15 heavy (non-hydrogen) atoms. The summed E-state index contributed by atoms with van der Waals surface area (Å²) < 4.78 is 13.2. The zero-order chi connectivity index (χ0) is 10.9. The van der Waals surface area contributed by atoms with Crippen LogP contribution in [0.3, 0.4) is 0 Å². The summed E-state index contributed by atoms with van der Waals surface area (Å²) in [6.07, 6.45) is 2.41. The van der Waals surface area contributed by atoms with Gasteiger partial charge in [0.25, 0.3) is 0 Å². The molecule has 0 aromatic heterocycles. The van der Waals surface area contributed by atoms with Crippen LogP contribution < -0.4 is 5.32 Å². The minimum Gasteiger partial charge on any atom is -0.319 e. The molecule has 0 saturated heterocycles. The van der Waals surface area contributed by atoms with E-state index in [0.717, 1.165) is 12.1 Å². The molecule has 1 aromatic rings. The third kappa shape index (κ3) is 1.67. The Morgan fingerprint density at radius 1 is 1.53 bits per heavy atom. The Balaban J connectivity index is 2.33. The van der Waals surface area contributed by atoms with Gasteiger partial charge in [-0.25, -0.2) is 4.39 Å². The topological polar surface area (TPSA) is 12.0 Å². The molecule has 1 aliphatic carbocycles. The van der Waals surface area contributed by atoms with Crippen LogP contribution in [0.1, 0.15) is 25.3 Å². The smallest absolute Gasteiger partial charge is 0.123 e. The Labute approximate surface area is 90.7 Å². The number of hydrogen-bond acceptors (Lipinski definition) is 1. The zero-order valence-electron chi connectivity index (χ0n) is 9.39. The SMILES string of the molecule is CNCC1(c2cccc(F)c2)CCC1C. The largest absolute Gasteiger partial charge is 0.319 e. The van der Waals surface area contributed by atoms with Crippen molar-refractivity contribution in [1.29, 1.82) is 0 Å². The zero-order valence-corrected chi connectivity index (χ0v) is 9.39. The quantitative estimate of drug-likeness (QED) is 0.803. The molecule has 0 aliphatic heterocycles. The van der Waals surface area contributed by atoms with Crippen molar-refractivity contribution in [3.8, 4) is 0 Å². The lowest BCUT2D eigenvalue weighted by atomic mass is 9.57. The minimum absolute atomic E-state index is 0.123. The van der Waals surface area contributed by atoms with E-state index in [0.29, 0.717) is 5.92 Å². The number of halogens is 1. The summed E-state index contributed by atoms with van der Waals surface area (Å²) in [6, 6.07) is 7.07. The van der Waals surface area contributed by atoms with Crippen LogP contribution >= 0.6 is 0 Å². The van der Waals surface area contributed by atoms with Gasteiger partial charge in [-0.2, -0.15) is 0 Å². The van der Waals surface area contributed by atoms with E-state index in [1.165, 1.54) is 18.9 Å². The molecule has 1 nitrogen and oxygen atoms in total. The van der Waals surface area contributed by atoms with Crippen LogP contribution in [0.2, 0.25) is 0 Å². The van der Waals surface area contributed by atoms with E-state index in [1.54, 1.807) is 6.07 Å². The normalized spacial score (nSPS) is 29.9. The Kier molecular flexibility index (Phi) is 2.79. The summed E-state index contributed by atoms with van der Waals surface area (Å²) in [5, 5.41) is 3.24. The second-order valence-electron chi connectivity index (χ2n) is 4.64. The maximum absolute atomic E-state index is 13.2. The summed E-state index contributed by atoms with van der Waals surface area (Å²) in [7, 11) is 1.96. The monoisotopic (exact) mass is 207 g/mol. The first-order valence-corrected chi connectivity index (χ1v) is 5.60. The predicted molar refractivity (Wildman–Crippen MR) is 60.4 cm³/mol. The van der Waals surface area contributed by atoms with Crippen LogP contribution in [0.15, 0.2) is 24.3 Å². The maximum Gasteiger partial charge on any atom is 0.123 e. The van der Waals surface area contributed by atoms with Gasteiger partial charge in [0.2, 0.25) is 0 Å². The number of rotatable bonds is 3. The average molecular weight is 207 g/mol. The fraction of sp³-hybridized carbons (Fsp3) is 0.538. The van der Waals surface area contributed by atoms with Gasteiger partial charge in [-0.1, -0.05) is 19.1 Å². The molecule has 1 aromatic carbocycles. The summed E-state index contributed by atoms with van der Waals surface area (Å²) in [5.74, 6) is 0.522. The van der Waals surface area contributed by atoms with Crippen molar-refractivity contribution < 1.29 is 4.39 Å². The van der Waals surface area contributed by atoms with Crippen molar-refractivity contribution in [3.63, 3.8) is 0 Å². The molecule has 1 N–H and O–H groups in total. The van der Waals surface area contributed by atoms with E-state index in [9.17, 15) is 4.39 Å². The molecular formula is C13H18FN. The van der Waals surface area contributed by atoms with Crippen LogP contribution in [-0.2, 0) is 5.41 Å². The molecule has 82 valence electrons. The standard InChI is InChI=1S/C13H18FN/c1-10-6-7-13(10,9-15-2)11-4-3-5-12(14)8-11/h3-5,8,10,15H,6-7,9H2,1-2H3. The molecule has 0 amide bonds. The Bertz CT molecular complexity index is 350. The highest BCUT2D eigenvalue weighted by Crippen LogP contribution is 2.48. The summed E-state index contributed by atoms with van der Waals surface area (Å²) >= 11 is 0. The molecule has 2 rings (SSSR count). The number of nitrogens with one attached hydrogen (secondary N) is 1. The van der Waals surface area contributed by atoms with E-state index in [-0.39, 0.29) is 11.2 Å². The third-order valence-corrected chi connectivity index (χ3v) is 3.86. The average Bonchev–Trinajstić information content (AvgIpc) is 2.23. The van der Waals surface area contributed by atoms with Gasteiger partial charge in [0.15, 0.2) is 0 Å². The molecule has 2 unspecified atom stereocenters.